The van der Waals surface area contributed by atoms with Gasteiger partial charge in [0.1, 0.15) is 0 Å². The van der Waals surface area contributed by atoms with Gasteiger partial charge in [0.25, 0.3) is 0 Å². The predicted molar refractivity (Wildman–Crippen MR) is 80.5 cm³/mol. The van der Waals surface area contributed by atoms with E-state index in [2.05, 4.69) is 10.6 Å². The second-order valence-corrected chi connectivity index (χ2v) is 6.03. The SMILES string of the molecule is CCOC(=O)CCCCCNC(C)C(=O)NC(C)(C)C. The number of ether oxygens (including phenoxy) is 1. The molecule has 0 aromatic heterocycles. The fourth-order valence-electron chi connectivity index (χ4n) is 1.69. The first-order valence-electron chi connectivity index (χ1n) is 7.47. The maximum atomic E-state index is 11.8. The average molecular weight is 286 g/mol. The minimum absolute atomic E-state index is 0.0176. The number of unbranched alkanes of at least 4 members (excludes halogenated alkanes) is 2. The van der Waals surface area contributed by atoms with Gasteiger partial charge < -0.3 is 15.4 Å². The fraction of sp³-hybridized carbons (Fsp3) is 0.867. The summed E-state index contributed by atoms with van der Waals surface area (Å²) < 4.78 is 4.86. The minimum atomic E-state index is -0.202. The molecule has 0 heterocycles. The van der Waals surface area contributed by atoms with Gasteiger partial charge in [0.05, 0.1) is 12.6 Å². The highest BCUT2D eigenvalue weighted by Crippen LogP contribution is 2.02. The molecule has 0 radical (unpaired) electrons. The topological polar surface area (TPSA) is 67.4 Å². The maximum Gasteiger partial charge on any atom is 0.305 e. The lowest BCUT2D eigenvalue weighted by Gasteiger charge is -2.23. The molecule has 1 unspecified atom stereocenters. The van der Waals surface area contributed by atoms with Crippen LogP contribution in [0.3, 0.4) is 0 Å². The molecule has 1 amide bonds. The molecule has 0 aliphatic carbocycles. The van der Waals surface area contributed by atoms with E-state index in [0.29, 0.717) is 13.0 Å². The molecule has 0 aliphatic heterocycles. The lowest BCUT2D eigenvalue weighted by atomic mass is 10.1. The summed E-state index contributed by atoms with van der Waals surface area (Å²) in [6.45, 7) is 10.8. The molecule has 118 valence electrons. The van der Waals surface area contributed by atoms with Crippen molar-refractivity contribution in [3.63, 3.8) is 0 Å². The molecule has 0 aromatic rings. The Labute approximate surface area is 122 Å². The van der Waals surface area contributed by atoms with Crippen molar-refractivity contribution in [2.75, 3.05) is 13.2 Å². The molecule has 0 fully saturated rings. The summed E-state index contributed by atoms with van der Waals surface area (Å²) in [6, 6.07) is -0.195. The van der Waals surface area contributed by atoms with E-state index in [0.717, 1.165) is 25.8 Å². The van der Waals surface area contributed by atoms with E-state index in [-0.39, 0.29) is 23.5 Å². The first kappa shape index (κ1) is 18.9. The molecule has 0 rings (SSSR count). The normalized spacial score (nSPS) is 12.8. The summed E-state index contributed by atoms with van der Waals surface area (Å²) in [5, 5.41) is 6.13. The summed E-state index contributed by atoms with van der Waals surface area (Å²) in [6.07, 6.45) is 3.23. The fourth-order valence-corrected chi connectivity index (χ4v) is 1.69. The van der Waals surface area contributed by atoms with E-state index in [4.69, 9.17) is 4.74 Å². The molecule has 0 bridgehead atoms. The van der Waals surface area contributed by atoms with Gasteiger partial charge in [0.2, 0.25) is 5.91 Å². The molecule has 0 aromatic carbocycles. The largest absolute Gasteiger partial charge is 0.466 e. The first-order valence-corrected chi connectivity index (χ1v) is 7.47. The lowest BCUT2D eigenvalue weighted by molar-refractivity contribution is -0.143. The van der Waals surface area contributed by atoms with Gasteiger partial charge in [0.15, 0.2) is 0 Å². The van der Waals surface area contributed by atoms with Crippen LogP contribution in [-0.4, -0.2) is 36.6 Å². The highest BCUT2D eigenvalue weighted by molar-refractivity contribution is 5.81. The molecule has 5 heteroatoms. The Balaban J connectivity index is 3.60. The van der Waals surface area contributed by atoms with Gasteiger partial charge in [-0.3, -0.25) is 9.59 Å². The van der Waals surface area contributed by atoms with Crippen molar-refractivity contribution in [2.24, 2.45) is 0 Å². The number of carbonyl (C=O) groups is 2. The van der Waals surface area contributed by atoms with Gasteiger partial charge in [-0.15, -0.1) is 0 Å². The standard InChI is InChI=1S/C15H30N2O3/c1-6-20-13(18)10-8-7-9-11-16-12(2)14(19)17-15(3,4)5/h12,16H,6-11H2,1-5H3,(H,17,19). The van der Waals surface area contributed by atoms with Gasteiger partial charge in [-0.2, -0.15) is 0 Å². The zero-order chi connectivity index (χ0) is 15.6. The van der Waals surface area contributed by atoms with Gasteiger partial charge in [0, 0.05) is 12.0 Å². The Morgan fingerprint density at radius 3 is 2.35 bits per heavy atom. The molecular formula is C15H30N2O3. The number of hydrogen-bond acceptors (Lipinski definition) is 4. The van der Waals surface area contributed by atoms with Crippen molar-refractivity contribution in [3.05, 3.63) is 0 Å². The quantitative estimate of drug-likeness (QED) is 0.502. The van der Waals surface area contributed by atoms with E-state index in [9.17, 15) is 9.59 Å². The second kappa shape index (κ2) is 9.75. The summed E-state index contributed by atoms with van der Waals surface area (Å²) in [5.74, 6) is -0.109. The molecule has 1 atom stereocenters. The number of rotatable bonds is 9. The third-order valence-electron chi connectivity index (χ3n) is 2.71. The van der Waals surface area contributed by atoms with Crippen molar-refractivity contribution in [2.45, 2.75) is 71.9 Å². The Bertz CT molecular complexity index is 298. The van der Waals surface area contributed by atoms with E-state index < -0.39 is 0 Å². The van der Waals surface area contributed by atoms with E-state index in [1.54, 1.807) is 0 Å². The van der Waals surface area contributed by atoms with Crippen LogP contribution in [0.4, 0.5) is 0 Å². The molecule has 0 saturated heterocycles. The lowest BCUT2D eigenvalue weighted by Crippen LogP contribution is -2.49. The Morgan fingerprint density at radius 1 is 1.15 bits per heavy atom. The highest BCUT2D eigenvalue weighted by atomic mass is 16.5. The first-order chi connectivity index (χ1) is 9.26. The molecular weight excluding hydrogens is 256 g/mol. The molecule has 0 spiro atoms. The summed E-state index contributed by atoms with van der Waals surface area (Å²) in [4.78, 5) is 22.9. The number of nitrogens with one attached hydrogen (secondary N) is 2. The van der Waals surface area contributed by atoms with E-state index in [1.807, 2.05) is 34.6 Å². The number of hydrogen-bond donors (Lipinski definition) is 2. The van der Waals surface area contributed by atoms with Gasteiger partial charge in [-0.05, 0) is 54.0 Å². The van der Waals surface area contributed by atoms with Crippen LogP contribution >= 0.6 is 0 Å². The smallest absolute Gasteiger partial charge is 0.305 e. The zero-order valence-corrected chi connectivity index (χ0v) is 13.5. The van der Waals surface area contributed by atoms with Gasteiger partial charge in [-0.1, -0.05) is 6.42 Å². The summed E-state index contributed by atoms with van der Waals surface area (Å²) >= 11 is 0. The Hall–Kier alpha value is -1.10. The molecule has 0 saturated carbocycles. The van der Waals surface area contributed by atoms with Crippen LogP contribution in [0.15, 0.2) is 0 Å². The van der Waals surface area contributed by atoms with Crippen LogP contribution in [-0.2, 0) is 14.3 Å². The molecule has 0 aliphatic rings. The van der Waals surface area contributed by atoms with Gasteiger partial charge in [-0.25, -0.2) is 0 Å². The molecule has 5 nitrogen and oxygen atoms in total. The van der Waals surface area contributed by atoms with Crippen molar-refractivity contribution in [1.29, 1.82) is 0 Å². The van der Waals surface area contributed by atoms with E-state index in [1.165, 1.54) is 0 Å². The molecule has 2 N–H and O–H groups in total. The van der Waals surface area contributed by atoms with Crippen molar-refractivity contribution >= 4 is 11.9 Å². The minimum Gasteiger partial charge on any atom is -0.466 e. The predicted octanol–water partition coefficient (Wildman–Crippen LogP) is 2.00. The zero-order valence-electron chi connectivity index (χ0n) is 13.5. The average Bonchev–Trinajstić information content (AvgIpc) is 2.31. The van der Waals surface area contributed by atoms with Crippen LogP contribution in [0.2, 0.25) is 0 Å². The highest BCUT2D eigenvalue weighted by Gasteiger charge is 2.18. The van der Waals surface area contributed by atoms with Crippen LogP contribution < -0.4 is 10.6 Å². The Morgan fingerprint density at radius 2 is 1.80 bits per heavy atom. The third-order valence-corrected chi connectivity index (χ3v) is 2.71. The van der Waals surface area contributed by atoms with Crippen LogP contribution in [0, 0.1) is 0 Å². The number of amides is 1. The van der Waals surface area contributed by atoms with Gasteiger partial charge >= 0.3 is 5.97 Å². The molecule has 20 heavy (non-hydrogen) atoms. The van der Waals surface area contributed by atoms with E-state index >= 15 is 0 Å². The van der Waals surface area contributed by atoms with Crippen molar-refractivity contribution in [1.82, 2.24) is 10.6 Å². The second-order valence-electron chi connectivity index (χ2n) is 6.03. The summed E-state index contributed by atoms with van der Waals surface area (Å²) in [5.41, 5.74) is -0.202. The number of carbonyl (C=O) groups excluding carboxylic acids is 2. The van der Waals surface area contributed by atoms with Crippen LogP contribution in [0.25, 0.3) is 0 Å². The third kappa shape index (κ3) is 10.8. The number of esters is 1. The maximum absolute atomic E-state index is 11.8. The van der Waals surface area contributed by atoms with Crippen LogP contribution in [0.1, 0.15) is 60.3 Å². The monoisotopic (exact) mass is 286 g/mol. The summed E-state index contributed by atoms with van der Waals surface area (Å²) in [7, 11) is 0. The van der Waals surface area contributed by atoms with Crippen LogP contribution in [0.5, 0.6) is 0 Å². The van der Waals surface area contributed by atoms with Crippen molar-refractivity contribution < 1.29 is 14.3 Å². The Kier molecular flexibility index (Phi) is 9.21. The van der Waals surface area contributed by atoms with Crippen molar-refractivity contribution in [3.8, 4) is 0 Å².